The molecular weight excluding hydrogens is 96.1 g/mol. The van der Waals surface area contributed by atoms with Crippen LogP contribution in [0.15, 0.2) is 12.6 Å². The van der Waals surface area contributed by atoms with Gasteiger partial charge in [0.05, 0.1) is 2.74 Å². The van der Waals surface area contributed by atoms with E-state index in [4.69, 9.17) is 2.74 Å². The van der Waals surface area contributed by atoms with Crippen molar-refractivity contribution in [2.24, 2.45) is 0 Å². The van der Waals surface area contributed by atoms with Crippen LogP contribution in [0.4, 0.5) is 0 Å². The molecule has 0 heteroatoms. The molecule has 0 aliphatic carbocycles. The van der Waals surface area contributed by atoms with Gasteiger partial charge in [-0.15, -0.1) is 6.55 Å². The Morgan fingerprint density at radius 1 is 1.62 bits per heavy atom. The maximum atomic E-state index is 7.13. The van der Waals surface area contributed by atoms with Gasteiger partial charge in [0.25, 0.3) is 0 Å². The zero-order chi connectivity index (χ0) is 7.82. The van der Waals surface area contributed by atoms with Crippen LogP contribution in [0.3, 0.4) is 0 Å². The van der Waals surface area contributed by atoms with Crippen molar-refractivity contribution in [1.29, 1.82) is 0 Å². The molecule has 0 radical (unpaired) electrons. The molecule has 0 saturated heterocycles. The minimum absolute atomic E-state index is 0.455. The van der Waals surface area contributed by atoms with E-state index >= 15 is 0 Å². The highest BCUT2D eigenvalue weighted by Crippen LogP contribution is 2.01. The van der Waals surface area contributed by atoms with Gasteiger partial charge in [0.2, 0.25) is 0 Å². The zero-order valence-corrected chi connectivity index (χ0v) is 5.61. The summed E-state index contributed by atoms with van der Waals surface area (Å²) in [7, 11) is 0. The lowest BCUT2D eigenvalue weighted by atomic mass is 10.2. The van der Waals surface area contributed by atoms with Crippen molar-refractivity contribution in [3.63, 3.8) is 0 Å². The van der Waals surface area contributed by atoms with Gasteiger partial charge in [-0.1, -0.05) is 32.2 Å². The summed E-state index contributed by atoms with van der Waals surface area (Å²) in [4.78, 5) is 0. The first-order valence-corrected chi connectivity index (χ1v) is 3.35. The highest BCUT2D eigenvalue weighted by molar-refractivity contribution is 4.64. The number of hydrogen-bond donors (Lipinski definition) is 0. The van der Waals surface area contributed by atoms with Crippen molar-refractivity contribution in [1.82, 2.24) is 0 Å². The fraction of sp³-hybridized carbons (Fsp3) is 0.750. The van der Waals surface area contributed by atoms with Gasteiger partial charge in [-0.25, -0.2) is 0 Å². The average Bonchev–Trinajstić information content (AvgIpc) is 1.98. The SMILES string of the molecule is [2H]/C=C(\[2H])CCCCCC. The number of rotatable bonds is 5. The Bertz CT molecular complexity index is 97.4. The zero-order valence-electron chi connectivity index (χ0n) is 7.61. The van der Waals surface area contributed by atoms with Crippen molar-refractivity contribution < 1.29 is 2.74 Å². The molecule has 0 aliphatic heterocycles. The monoisotopic (exact) mass is 114 g/mol. The van der Waals surface area contributed by atoms with Crippen LogP contribution >= 0.6 is 0 Å². The molecule has 48 valence electrons. The highest BCUT2D eigenvalue weighted by atomic mass is 13.9. The summed E-state index contributed by atoms with van der Waals surface area (Å²) in [5.41, 5.74) is 0. The summed E-state index contributed by atoms with van der Waals surface area (Å²) in [6, 6.07) is 0.455. The highest BCUT2D eigenvalue weighted by Gasteiger charge is 1.81. The van der Waals surface area contributed by atoms with Crippen LogP contribution in [0.5, 0.6) is 0 Å². The second kappa shape index (κ2) is 6.74. The lowest BCUT2D eigenvalue weighted by Gasteiger charge is -1.91. The van der Waals surface area contributed by atoms with Crippen molar-refractivity contribution in [3.8, 4) is 0 Å². The van der Waals surface area contributed by atoms with Crippen molar-refractivity contribution in [3.05, 3.63) is 12.6 Å². The summed E-state index contributed by atoms with van der Waals surface area (Å²) in [5.74, 6) is 0. The third-order valence-electron chi connectivity index (χ3n) is 1.17. The predicted molar refractivity (Wildman–Crippen MR) is 39.0 cm³/mol. The van der Waals surface area contributed by atoms with Crippen LogP contribution in [0.1, 0.15) is 41.8 Å². The Morgan fingerprint density at radius 3 is 3.12 bits per heavy atom. The van der Waals surface area contributed by atoms with Crippen molar-refractivity contribution in [2.45, 2.75) is 39.0 Å². The molecular formula is C8H16. The summed E-state index contributed by atoms with van der Waals surface area (Å²) in [5, 5.41) is 0. The number of allylic oxidation sites excluding steroid dienone is 1. The minimum atomic E-state index is 0.455. The first-order valence-electron chi connectivity index (χ1n) is 4.43. The van der Waals surface area contributed by atoms with Crippen LogP contribution < -0.4 is 0 Å². The van der Waals surface area contributed by atoms with E-state index in [2.05, 4.69) is 6.92 Å². The quantitative estimate of drug-likeness (QED) is 0.380. The Balaban J connectivity index is 3.04. The van der Waals surface area contributed by atoms with E-state index in [9.17, 15) is 0 Å². The van der Waals surface area contributed by atoms with Crippen molar-refractivity contribution in [2.75, 3.05) is 0 Å². The van der Waals surface area contributed by atoms with Gasteiger partial charge >= 0.3 is 0 Å². The molecule has 0 atom stereocenters. The Kier molecular flexibility index (Phi) is 3.88. The molecule has 0 aromatic heterocycles. The summed E-state index contributed by atoms with van der Waals surface area (Å²) < 4.78 is 13.9. The first kappa shape index (κ1) is 4.60. The maximum absolute atomic E-state index is 7.13. The smallest absolute Gasteiger partial charge is 0.0570 e. The molecule has 0 spiro atoms. The molecule has 0 rings (SSSR count). The second-order valence-electron chi connectivity index (χ2n) is 2.01. The normalized spacial score (nSPS) is 15.4. The predicted octanol–water partition coefficient (Wildman–Crippen LogP) is 3.14. The molecule has 0 bridgehead atoms. The number of unbranched alkanes of at least 4 members (excludes halogenated alkanes) is 3. The number of hydrogen-bond acceptors (Lipinski definition) is 0. The first-order chi connectivity index (χ1) is 4.81. The Morgan fingerprint density at radius 2 is 2.50 bits per heavy atom. The molecule has 0 fully saturated rings. The van der Waals surface area contributed by atoms with E-state index in [1.807, 2.05) is 0 Å². The molecule has 0 heterocycles. The van der Waals surface area contributed by atoms with Gasteiger partial charge in [-0.05, 0) is 12.8 Å². The van der Waals surface area contributed by atoms with Gasteiger partial charge in [-0.3, -0.25) is 0 Å². The second-order valence-corrected chi connectivity index (χ2v) is 2.01. The molecule has 0 aromatic carbocycles. The molecule has 0 unspecified atom stereocenters. The molecule has 0 aromatic rings. The van der Waals surface area contributed by atoms with E-state index < -0.39 is 0 Å². The van der Waals surface area contributed by atoms with E-state index in [0.717, 1.165) is 19.4 Å². The van der Waals surface area contributed by atoms with E-state index in [1.54, 1.807) is 0 Å². The molecule has 0 nitrogen and oxygen atoms in total. The summed E-state index contributed by atoms with van der Waals surface area (Å²) in [6.45, 7) is 3.30. The van der Waals surface area contributed by atoms with Crippen LogP contribution in [-0.4, -0.2) is 0 Å². The molecule has 0 aliphatic rings. The topological polar surface area (TPSA) is 0 Å². The van der Waals surface area contributed by atoms with Gasteiger partial charge in [0, 0.05) is 0 Å². The van der Waals surface area contributed by atoms with Gasteiger partial charge < -0.3 is 0 Å². The van der Waals surface area contributed by atoms with Gasteiger partial charge in [0.1, 0.15) is 0 Å². The third kappa shape index (κ3) is 5.74. The van der Waals surface area contributed by atoms with Crippen LogP contribution in [0.2, 0.25) is 0 Å². The summed E-state index contributed by atoms with van der Waals surface area (Å²) in [6.07, 6.45) is 5.54. The third-order valence-corrected chi connectivity index (χ3v) is 1.17. The Labute approximate surface area is 55.4 Å². The average molecular weight is 114 g/mol. The molecule has 0 amide bonds. The lowest BCUT2D eigenvalue weighted by Crippen LogP contribution is -1.71. The standard InChI is InChI=1S/C8H16/c1-3-5-7-8-6-4-2/h3H,1,4-8H2,2H3/i1D,3D/b3-1+. The largest absolute Gasteiger partial charge is 0.103 e. The summed E-state index contributed by atoms with van der Waals surface area (Å²) >= 11 is 0. The van der Waals surface area contributed by atoms with Crippen LogP contribution in [0.25, 0.3) is 0 Å². The van der Waals surface area contributed by atoms with Crippen LogP contribution in [0, 0.1) is 0 Å². The van der Waals surface area contributed by atoms with E-state index in [0.29, 0.717) is 6.05 Å². The van der Waals surface area contributed by atoms with Gasteiger partial charge in [0.15, 0.2) is 0 Å². The molecule has 0 saturated carbocycles. The molecule has 8 heavy (non-hydrogen) atoms. The lowest BCUT2D eigenvalue weighted by molar-refractivity contribution is 0.675. The Hall–Kier alpha value is -0.260. The maximum Gasteiger partial charge on any atom is 0.0570 e. The fourth-order valence-corrected chi connectivity index (χ4v) is 0.654. The van der Waals surface area contributed by atoms with Crippen LogP contribution in [-0.2, 0) is 0 Å². The van der Waals surface area contributed by atoms with Gasteiger partial charge in [-0.2, -0.15) is 0 Å². The minimum Gasteiger partial charge on any atom is -0.103 e. The van der Waals surface area contributed by atoms with E-state index in [1.165, 1.54) is 19.3 Å². The molecule has 0 N–H and O–H groups in total. The fourth-order valence-electron chi connectivity index (χ4n) is 0.654. The van der Waals surface area contributed by atoms with Crippen molar-refractivity contribution >= 4 is 0 Å². The van der Waals surface area contributed by atoms with E-state index in [-0.39, 0.29) is 0 Å².